The maximum atomic E-state index is 12.2. The Morgan fingerprint density at radius 3 is 2.67 bits per heavy atom. The Morgan fingerprint density at radius 2 is 2.11 bits per heavy atom. The lowest BCUT2D eigenvalue weighted by Gasteiger charge is -2.32. The zero-order valence-electron chi connectivity index (χ0n) is 9.87. The SMILES string of the molecule is O=C(O)CN(C(=O)c1ccoc1)C1CCOCC1. The molecule has 1 aromatic heterocycles. The van der Waals surface area contributed by atoms with E-state index in [9.17, 15) is 9.59 Å². The minimum Gasteiger partial charge on any atom is -0.480 e. The lowest BCUT2D eigenvalue weighted by Crippen LogP contribution is -2.45. The first-order valence-electron chi connectivity index (χ1n) is 5.81. The molecule has 2 heterocycles. The van der Waals surface area contributed by atoms with Crippen LogP contribution in [0.2, 0.25) is 0 Å². The molecular weight excluding hydrogens is 238 g/mol. The summed E-state index contributed by atoms with van der Waals surface area (Å²) in [6.07, 6.45) is 4.06. The largest absolute Gasteiger partial charge is 0.480 e. The summed E-state index contributed by atoms with van der Waals surface area (Å²) in [6, 6.07) is 1.45. The van der Waals surface area contributed by atoms with Crippen molar-refractivity contribution in [1.82, 2.24) is 4.90 Å². The summed E-state index contributed by atoms with van der Waals surface area (Å²) >= 11 is 0. The molecule has 6 nitrogen and oxygen atoms in total. The molecule has 0 unspecified atom stereocenters. The maximum Gasteiger partial charge on any atom is 0.323 e. The van der Waals surface area contributed by atoms with E-state index >= 15 is 0 Å². The highest BCUT2D eigenvalue weighted by molar-refractivity contribution is 5.95. The zero-order valence-corrected chi connectivity index (χ0v) is 9.87. The number of carbonyl (C=O) groups excluding carboxylic acids is 1. The highest BCUT2D eigenvalue weighted by atomic mass is 16.5. The normalized spacial score (nSPS) is 16.4. The minimum absolute atomic E-state index is 0.0859. The van der Waals surface area contributed by atoms with Crippen LogP contribution in [0.15, 0.2) is 23.0 Å². The van der Waals surface area contributed by atoms with Gasteiger partial charge in [-0.2, -0.15) is 0 Å². The van der Waals surface area contributed by atoms with Gasteiger partial charge in [0.1, 0.15) is 12.8 Å². The molecule has 18 heavy (non-hydrogen) atoms. The summed E-state index contributed by atoms with van der Waals surface area (Å²) in [5, 5.41) is 8.91. The first-order valence-corrected chi connectivity index (χ1v) is 5.81. The Balaban J connectivity index is 2.13. The molecule has 0 saturated carbocycles. The van der Waals surface area contributed by atoms with E-state index in [0.717, 1.165) is 0 Å². The Morgan fingerprint density at radius 1 is 1.39 bits per heavy atom. The predicted octanol–water partition coefficient (Wildman–Crippen LogP) is 0.985. The van der Waals surface area contributed by atoms with Crippen molar-refractivity contribution in [3.63, 3.8) is 0 Å². The van der Waals surface area contributed by atoms with Crippen molar-refractivity contribution in [3.8, 4) is 0 Å². The van der Waals surface area contributed by atoms with E-state index in [-0.39, 0.29) is 18.5 Å². The average Bonchev–Trinajstić information content (AvgIpc) is 2.90. The van der Waals surface area contributed by atoms with E-state index in [0.29, 0.717) is 31.6 Å². The van der Waals surface area contributed by atoms with E-state index in [1.165, 1.54) is 23.5 Å². The topological polar surface area (TPSA) is 80.0 Å². The average molecular weight is 253 g/mol. The van der Waals surface area contributed by atoms with Crippen LogP contribution in [0.3, 0.4) is 0 Å². The monoisotopic (exact) mass is 253 g/mol. The molecule has 1 N–H and O–H groups in total. The molecular formula is C12H15NO5. The third-order valence-electron chi connectivity index (χ3n) is 2.97. The van der Waals surface area contributed by atoms with Gasteiger partial charge in [-0.25, -0.2) is 0 Å². The van der Waals surface area contributed by atoms with Crippen LogP contribution in [0.4, 0.5) is 0 Å². The van der Waals surface area contributed by atoms with Crippen molar-refractivity contribution in [2.24, 2.45) is 0 Å². The molecule has 0 aromatic carbocycles. The second kappa shape index (κ2) is 5.68. The van der Waals surface area contributed by atoms with Gasteiger partial charge >= 0.3 is 5.97 Å². The molecule has 2 rings (SSSR count). The highest BCUT2D eigenvalue weighted by Crippen LogP contribution is 2.17. The molecule has 1 saturated heterocycles. The van der Waals surface area contributed by atoms with Crippen LogP contribution in [0, 0.1) is 0 Å². The Kier molecular flexibility index (Phi) is 3.99. The molecule has 1 aromatic rings. The van der Waals surface area contributed by atoms with Crippen LogP contribution in [0.1, 0.15) is 23.2 Å². The summed E-state index contributed by atoms with van der Waals surface area (Å²) in [5.41, 5.74) is 0.378. The lowest BCUT2D eigenvalue weighted by molar-refractivity contribution is -0.138. The van der Waals surface area contributed by atoms with Crippen LogP contribution in [0.25, 0.3) is 0 Å². The fraction of sp³-hybridized carbons (Fsp3) is 0.500. The van der Waals surface area contributed by atoms with E-state index in [1.54, 1.807) is 0 Å². The summed E-state index contributed by atoms with van der Waals surface area (Å²) < 4.78 is 10.1. The predicted molar refractivity (Wildman–Crippen MR) is 61.2 cm³/mol. The maximum absolute atomic E-state index is 12.2. The van der Waals surface area contributed by atoms with Crippen molar-refractivity contribution in [3.05, 3.63) is 24.2 Å². The van der Waals surface area contributed by atoms with Crippen LogP contribution < -0.4 is 0 Å². The Labute approximate surface area is 104 Å². The molecule has 1 aliphatic rings. The van der Waals surface area contributed by atoms with Crippen molar-refractivity contribution in [2.45, 2.75) is 18.9 Å². The van der Waals surface area contributed by atoms with Crippen molar-refractivity contribution < 1.29 is 23.8 Å². The van der Waals surface area contributed by atoms with Crippen LogP contribution in [0.5, 0.6) is 0 Å². The molecule has 0 bridgehead atoms. The van der Waals surface area contributed by atoms with Gasteiger partial charge in [-0.1, -0.05) is 0 Å². The van der Waals surface area contributed by atoms with Gasteiger partial charge in [0, 0.05) is 19.3 Å². The van der Waals surface area contributed by atoms with Gasteiger partial charge in [0.05, 0.1) is 11.8 Å². The van der Waals surface area contributed by atoms with Crippen LogP contribution in [-0.2, 0) is 9.53 Å². The quantitative estimate of drug-likeness (QED) is 0.865. The molecule has 1 amide bonds. The Bertz CT molecular complexity index is 408. The number of carbonyl (C=O) groups is 2. The molecule has 1 fully saturated rings. The van der Waals surface area contributed by atoms with Crippen LogP contribution in [-0.4, -0.2) is 47.7 Å². The lowest BCUT2D eigenvalue weighted by atomic mass is 10.1. The number of amides is 1. The number of rotatable bonds is 4. The van der Waals surface area contributed by atoms with Crippen LogP contribution >= 0.6 is 0 Å². The number of aliphatic carboxylic acids is 1. The number of carboxylic acid groups (broad SMARTS) is 1. The van der Waals surface area contributed by atoms with Crippen molar-refractivity contribution >= 4 is 11.9 Å². The summed E-state index contributed by atoms with van der Waals surface area (Å²) in [6.45, 7) is 0.813. The highest BCUT2D eigenvalue weighted by Gasteiger charge is 2.28. The number of ether oxygens (including phenoxy) is 1. The fourth-order valence-corrected chi connectivity index (χ4v) is 2.06. The smallest absolute Gasteiger partial charge is 0.323 e. The van der Waals surface area contributed by atoms with Gasteiger partial charge in [-0.3, -0.25) is 9.59 Å². The summed E-state index contributed by atoms with van der Waals surface area (Å²) in [7, 11) is 0. The third-order valence-corrected chi connectivity index (χ3v) is 2.97. The molecule has 0 aliphatic carbocycles. The van der Waals surface area contributed by atoms with Gasteiger partial charge in [-0.15, -0.1) is 0 Å². The number of nitrogens with zero attached hydrogens (tertiary/aromatic N) is 1. The van der Waals surface area contributed by atoms with Gasteiger partial charge in [0.25, 0.3) is 5.91 Å². The minimum atomic E-state index is -1.02. The number of hydrogen-bond acceptors (Lipinski definition) is 4. The first-order chi connectivity index (χ1) is 8.68. The molecule has 6 heteroatoms. The second-order valence-corrected chi connectivity index (χ2v) is 4.18. The standard InChI is InChI=1S/C12H15NO5/c14-11(15)7-13(10-2-5-17-6-3-10)12(16)9-1-4-18-8-9/h1,4,8,10H,2-3,5-7H2,(H,14,15). The van der Waals surface area contributed by atoms with E-state index in [4.69, 9.17) is 14.3 Å². The zero-order chi connectivity index (χ0) is 13.0. The number of furan rings is 1. The van der Waals surface area contributed by atoms with Crippen molar-refractivity contribution in [1.29, 1.82) is 0 Å². The fourth-order valence-electron chi connectivity index (χ4n) is 2.06. The van der Waals surface area contributed by atoms with E-state index in [1.807, 2.05) is 0 Å². The molecule has 0 radical (unpaired) electrons. The third kappa shape index (κ3) is 2.89. The summed E-state index contributed by atoms with van der Waals surface area (Å²) in [5.74, 6) is -1.32. The molecule has 0 spiro atoms. The van der Waals surface area contributed by atoms with Gasteiger partial charge in [-0.05, 0) is 18.9 Å². The Hall–Kier alpha value is -1.82. The second-order valence-electron chi connectivity index (χ2n) is 4.18. The van der Waals surface area contributed by atoms with E-state index in [2.05, 4.69) is 0 Å². The molecule has 1 aliphatic heterocycles. The van der Waals surface area contributed by atoms with Gasteiger partial charge < -0.3 is 19.2 Å². The van der Waals surface area contributed by atoms with E-state index < -0.39 is 5.97 Å². The number of hydrogen-bond donors (Lipinski definition) is 1. The van der Waals surface area contributed by atoms with Gasteiger partial charge in [0.2, 0.25) is 0 Å². The first kappa shape index (κ1) is 12.6. The summed E-state index contributed by atoms with van der Waals surface area (Å²) in [4.78, 5) is 24.5. The van der Waals surface area contributed by atoms with Gasteiger partial charge in [0.15, 0.2) is 0 Å². The molecule has 0 atom stereocenters. The number of carboxylic acids is 1. The molecule has 98 valence electrons. The van der Waals surface area contributed by atoms with Crippen molar-refractivity contribution in [2.75, 3.05) is 19.8 Å².